The molecule has 3 nitrogen and oxygen atoms in total. The Morgan fingerprint density at radius 1 is 1.33 bits per heavy atom. The topological polar surface area (TPSA) is 29.9 Å². The van der Waals surface area contributed by atoms with Gasteiger partial charge in [0.25, 0.3) is 0 Å². The van der Waals surface area contributed by atoms with Crippen LogP contribution < -0.4 is 5.32 Å². The van der Waals surface area contributed by atoms with Crippen LogP contribution in [0.1, 0.15) is 57.8 Å². The molecule has 1 rings (SSSR count). The van der Waals surface area contributed by atoms with Crippen molar-refractivity contribution >= 4 is 15.9 Å². The second-order valence-electron chi connectivity index (χ2n) is 4.96. The number of aromatic nitrogens is 2. The Labute approximate surface area is 119 Å². The van der Waals surface area contributed by atoms with E-state index in [2.05, 4.69) is 47.1 Å². The Morgan fingerprint density at radius 2 is 2.06 bits per heavy atom. The Bertz CT molecular complexity index is 360. The Morgan fingerprint density at radius 3 is 2.61 bits per heavy atom. The maximum absolute atomic E-state index is 4.51. The third-order valence-corrected chi connectivity index (χ3v) is 4.28. The molecule has 1 N–H and O–H groups in total. The number of halogens is 1. The summed E-state index contributed by atoms with van der Waals surface area (Å²) in [6.07, 6.45) is 6.17. The number of nitrogens with one attached hydrogen (secondary N) is 1. The van der Waals surface area contributed by atoms with Crippen molar-refractivity contribution in [3.05, 3.63) is 15.9 Å². The van der Waals surface area contributed by atoms with Gasteiger partial charge in [-0.1, -0.05) is 33.1 Å². The van der Waals surface area contributed by atoms with E-state index in [1.165, 1.54) is 35.8 Å². The van der Waals surface area contributed by atoms with Gasteiger partial charge in [-0.25, -0.2) is 0 Å². The number of hydrogen-bond acceptors (Lipinski definition) is 2. The van der Waals surface area contributed by atoms with Crippen molar-refractivity contribution in [3.63, 3.8) is 0 Å². The highest BCUT2D eigenvalue weighted by atomic mass is 79.9. The summed E-state index contributed by atoms with van der Waals surface area (Å²) >= 11 is 3.65. The maximum Gasteiger partial charge on any atom is 0.0767 e. The first-order chi connectivity index (χ1) is 8.60. The van der Waals surface area contributed by atoms with Crippen LogP contribution in [0.15, 0.2) is 4.47 Å². The van der Waals surface area contributed by atoms with E-state index < -0.39 is 0 Å². The molecule has 0 aliphatic heterocycles. The van der Waals surface area contributed by atoms with Gasteiger partial charge in [-0.3, -0.25) is 4.68 Å². The lowest BCUT2D eigenvalue weighted by Gasteiger charge is -2.13. The summed E-state index contributed by atoms with van der Waals surface area (Å²) in [7, 11) is 2.02. The van der Waals surface area contributed by atoms with Crippen molar-refractivity contribution < 1.29 is 0 Å². The summed E-state index contributed by atoms with van der Waals surface area (Å²) < 4.78 is 3.15. The maximum atomic E-state index is 4.51. The SMILES string of the molecule is CCCCCC(C)NCc1c(Br)c(CC)nn1C. The fourth-order valence-corrected chi connectivity index (χ4v) is 2.84. The van der Waals surface area contributed by atoms with Crippen LogP contribution in [0.25, 0.3) is 0 Å². The molecule has 0 aliphatic carbocycles. The smallest absolute Gasteiger partial charge is 0.0767 e. The van der Waals surface area contributed by atoms with Gasteiger partial charge in [0, 0.05) is 19.6 Å². The van der Waals surface area contributed by atoms with Crippen molar-refractivity contribution in [2.24, 2.45) is 7.05 Å². The molecule has 1 atom stereocenters. The van der Waals surface area contributed by atoms with Gasteiger partial charge in [-0.05, 0) is 35.7 Å². The lowest BCUT2D eigenvalue weighted by molar-refractivity contribution is 0.476. The molecule has 0 radical (unpaired) electrons. The zero-order valence-corrected chi connectivity index (χ0v) is 13.7. The Hall–Kier alpha value is -0.350. The van der Waals surface area contributed by atoms with E-state index in [4.69, 9.17) is 0 Å². The van der Waals surface area contributed by atoms with Crippen LogP contribution in [-0.4, -0.2) is 15.8 Å². The molecule has 0 spiro atoms. The van der Waals surface area contributed by atoms with Crippen molar-refractivity contribution in [3.8, 4) is 0 Å². The molecule has 0 saturated heterocycles. The van der Waals surface area contributed by atoms with Crippen molar-refractivity contribution in [1.82, 2.24) is 15.1 Å². The molecule has 1 aromatic heterocycles. The van der Waals surface area contributed by atoms with Crippen molar-refractivity contribution in [2.45, 2.75) is 65.5 Å². The number of nitrogens with zero attached hydrogens (tertiary/aromatic N) is 2. The summed E-state index contributed by atoms with van der Waals surface area (Å²) in [5.74, 6) is 0. The lowest BCUT2D eigenvalue weighted by atomic mass is 10.1. The van der Waals surface area contributed by atoms with E-state index in [1.54, 1.807) is 0 Å². The highest BCUT2D eigenvalue weighted by molar-refractivity contribution is 9.10. The zero-order chi connectivity index (χ0) is 13.5. The van der Waals surface area contributed by atoms with E-state index >= 15 is 0 Å². The molecule has 0 aliphatic rings. The normalized spacial score (nSPS) is 12.9. The average molecular weight is 316 g/mol. The average Bonchev–Trinajstić information content (AvgIpc) is 2.62. The van der Waals surface area contributed by atoms with E-state index in [9.17, 15) is 0 Å². The largest absolute Gasteiger partial charge is 0.309 e. The second kappa shape index (κ2) is 7.95. The van der Waals surface area contributed by atoms with Gasteiger partial charge in [-0.15, -0.1) is 0 Å². The molecule has 1 unspecified atom stereocenters. The van der Waals surface area contributed by atoms with E-state index in [1.807, 2.05) is 11.7 Å². The van der Waals surface area contributed by atoms with Crippen LogP contribution >= 0.6 is 15.9 Å². The highest BCUT2D eigenvalue weighted by Crippen LogP contribution is 2.21. The number of hydrogen-bond donors (Lipinski definition) is 1. The number of rotatable bonds is 8. The molecular weight excluding hydrogens is 290 g/mol. The summed E-state index contributed by atoms with van der Waals surface area (Å²) in [4.78, 5) is 0. The molecule has 104 valence electrons. The molecular formula is C14H26BrN3. The van der Waals surface area contributed by atoms with Gasteiger partial charge in [0.05, 0.1) is 15.9 Å². The van der Waals surface area contributed by atoms with Crippen molar-refractivity contribution in [1.29, 1.82) is 0 Å². The fourth-order valence-electron chi connectivity index (χ4n) is 2.09. The summed E-state index contributed by atoms with van der Waals surface area (Å²) in [6.45, 7) is 7.53. The predicted octanol–water partition coefficient (Wildman–Crippen LogP) is 3.80. The van der Waals surface area contributed by atoms with Gasteiger partial charge in [0.2, 0.25) is 0 Å². The monoisotopic (exact) mass is 315 g/mol. The fraction of sp³-hybridized carbons (Fsp3) is 0.786. The van der Waals surface area contributed by atoms with Gasteiger partial charge in [0.15, 0.2) is 0 Å². The van der Waals surface area contributed by atoms with Crippen LogP contribution in [0.4, 0.5) is 0 Å². The molecule has 1 aromatic rings. The minimum Gasteiger partial charge on any atom is -0.309 e. The van der Waals surface area contributed by atoms with Gasteiger partial charge >= 0.3 is 0 Å². The van der Waals surface area contributed by atoms with Gasteiger partial charge in [0.1, 0.15) is 0 Å². The standard InChI is InChI=1S/C14H26BrN3/c1-5-7-8-9-11(3)16-10-13-14(15)12(6-2)17-18(13)4/h11,16H,5-10H2,1-4H3. The molecule has 0 saturated carbocycles. The van der Waals surface area contributed by atoms with Crippen LogP contribution in [0.5, 0.6) is 0 Å². The van der Waals surface area contributed by atoms with Crippen LogP contribution in [0.3, 0.4) is 0 Å². The number of aryl methyl sites for hydroxylation is 2. The molecule has 0 aromatic carbocycles. The first-order valence-corrected chi connectivity index (χ1v) is 7.83. The highest BCUT2D eigenvalue weighted by Gasteiger charge is 2.12. The summed E-state index contributed by atoms with van der Waals surface area (Å²) in [5.41, 5.74) is 2.39. The molecule has 0 bridgehead atoms. The van der Waals surface area contributed by atoms with Crippen LogP contribution in [0, 0.1) is 0 Å². The lowest BCUT2D eigenvalue weighted by Crippen LogP contribution is -2.26. The second-order valence-corrected chi connectivity index (χ2v) is 5.76. The van der Waals surface area contributed by atoms with Crippen molar-refractivity contribution in [2.75, 3.05) is 0 Å². The van der Waals surface area contributed by atoms with E-state index in [-0.39, 0.29) is 0 Å². The minimum absolute atomic E-state index is 0.573. The van der Waals surface area contributed by atoms with E-state index in [0.29, 0.717) is 6.04 Å². The predicted molar refractivity (Wildman–Crippen MR) is 80.7 cm³/mol. The van der Waals surface area contributed by atoms with Crippen LogP contribution in [0.2, 0.25) is 0 Å². The first-order valence-electron chi connectivity index (χ1n) is 7.03. The third-order valence-electron chi connectivity index (χ3n) is 3.36. The molecule has 0 fully saturated rings. The van der Waals surface area contributed by atoms with E-state index in [0.717, 1.165) is 18.7 Å². The molecule has 4 heteroatoms. The van der Waals surface area contributed by atoms with Gasteiger partial charge < -0.3 is 5.32 Å². The molecule has 1 heterocycles. The minimum atomic E-state index is 0.573. The first kappa shape index (κ1) is 15.7. The summed E-state index contributed by atoms with van der Waals surface area (Å²) in [5, 5.41) is 8.10. The van der Waals surface area contributed by atoms with Gasteiger partial charge in [-0.2, -0.15) is 5.10 Å². The third kappa shape index (κ3) is 4.39. The molecule has 0 amide bonds. The Kier molecular flexibility index (Phi) is 6.94. The quantitative estimate of drug-likeness (QED) is 0.739. The van der Waals surface area contributed by atoms with Crippen LogP contribution in [-0.2, 0) is 20.0 Å². The zero-order valence-electron chi connectivity index (χ0n) is 12.1. The Balaban J connectivity index is 2.45. The molecule has 18 heavy (non-hydrogen) atoms. The summed E-state index contributed by atoms with van der Waals surface area (Å²) in [6, 6.07) is 0.573. The number of unbranched alkanes of at least 4 members (excludes halogenated alkanes) is 2.